The van der Waals surface area contributed by atoms with Crippen LogP contribution in [0.3, 0.4) is 0 Å². The molecule has 0 saturated carbocycles. The van der Waals surface area contributed by atoms with E-state index in [4.69, 9.17) is 5.73 Å². The van der Waals surface area contributed by atoms with E-state index in [2.05, 4.69) is 0 Å². The summed E-state index contributed by atoms with van der Waals surface area (Å²) in [6.45, 7) is -0.216. The topological polar surface area (TPSA) is 26.0 Å². The van der Waals surface area contributed by atoms with Gasteiger partial charge in [-0.25, -0.2) is 4.39 Å². The standard InChI is InChI=1S/C14H11F4N/c15-13-4-2-1-3-11(13)9-5-6-10(8-19)12(7-9)14(16,17)18/h1-7H,8,19H2. The molecular formula is C14H11F4N. The van der Waals surface area contributed by atoms with Gasteiger partial charge in [-0.3, -0.25) is 0 Å². The third-order valence-corrected chi connectivity index (χ3v) is 2.82. The van der Waals surface area contributed by atoms with Crippen LogP contribution in [0.1, 0.15) is 11.1 Å². The van der Waals surface area contributed by atoms with Crippen LogP contribution in [-0.2, 0) is 12.7 Å². The molecule has 0 aromatic heterocycles. The molecule has 0 radical (unpaired) electrons. The number of benzene rings is 2. The van der Waals surface area contributed by atoms with Crippen LogP contribution in [0.15, 0.2) is 42.5 Å². The molecule has 0 heterocycles. The number of hydrogen-bond donors (Lipinski definition) is 1. The maximum Gasteiger partial charge on any atom is 0.416 e. The lowest BCUT2D eigenvalue weighted by molar-refractivity contribution is -0.138. The Labute approximate surface area is 107 Å². The lowest BCUT2D eigenvalue weighted by Crippen LogP contribution is -2.12. The highest BCUT2D eigenvalue weighted by molar-refractivity contribution is 5.65. The van der Waals surface area contributed by atoms with Gasteiger partial charge < -0.3 is 5.73 Å². The van der Waals surface area contributed by atoms with Gasteiger partial charge in [0.05, 0.1) is 5.56 Å². The van der Waals surface area contributed by atoms with E-state index in [0.717, 1.165) is 6.07 Å². The summed E-state index contributed by atoms with van der Waals surface area (Å²) in [4.78, 5) is 0. The first-order valence-electron chi connectivity index (χ1n) is 5.58. The molecule has 0 amide bonds. The van der Waals surface area contributed by atoms with Gasteiger partial charge in [0, 0.05) is 12.1 Å². The van der Waals surface area contributed by atoms with Crippen molar-refractivity contribution in [2.75, 3.05) is 0 Å². The Morgan fingerprint density at radius 2 is 1.68 bits per heavy atom. The summed E-state index contributed by atoms with van der Waals surface area (Å²) < 4.78 is 52.2. The van der Waals surface area contributed by atoms with Crippen LogP contribution in [0, 0.1) is 5.82 Å². The second kappa shape index (κ2) is 5.01. The Morgan fingerprint density at radius 1 is 1.00 bits per heavy atom. The fourth-order valence-electron chi connectivity index (χ4n) is 1.88. The Bertz CT molecular complexity index is 590. The smallest absolute Gasteiger partial charge is 0.326 e. The summed E-state index contributed by atoms with van der Waals surface area (Å²) in [7, 11) is 0. The van der Waals surface area contributed by atoms with Crippen LogP contribution in [0.4, 0.5) is 17.6 Å². The summed E-state index contributed by atoms with van der Waals surface area (Å²) in [5.41, 5.74) is 4.78. The van der Waals surface area contributed by atoms with Crippen LogP contribution < -0.4 is 5.73 Å². The highest BCUT2D eigenvalue weighted by atomic mass is 19.4. The molecule has 0 bridgehead atoms. The molecule has 19 heavy (non-hydrogen) atoms. The summed E-state index contributed by atoms with van der Waals surface area (Å²) in [5.74, 6) is -0.559. The normalized spacial score (nSPS) is 11.6. The summed E-state index contributed by atoms with van der Waals surface area (Å²) in [6, 6.07) is 9.35. The molecule has 0 unspecified atom stereocenters. The molecular weight excluding hydrogens is 258 g/mol. The number of hydrogen-bond acceptors (Lipinski definition) is 1. The molecule has 1 nitrogen and oxygen atoms in total. The summed E-state index contributed by atoms with van der Waals surface area (Å²) in [6.07, 6.45) is -4.50. The van der Waals surface area contributed by atoms with Gasteiger partial charge in [0.2, 0.25) is 0 Å². The number of halogens is 4. The molecule has 100 valence electrons. The van der Waals surface area contributed by atoms with Gasteiger partial charge in [-0.2, -0.15) is 13.2 Å². The van der Waals surface area contributed by atoms with Gasteiger partial charge in [0.1, 0.15) is 5.82 Å². The number of rotatable bonds is 2. The van der Waals surface area contributed by atoms with E-state index in [0.29, 0.717) is 0 Å². The first-order chi connectivity index (χ1) is 8.93. The summed E-state index contributed by atoms with van der Waals surface area (Å²) >= 11 is 0. The van der Waals surface area contributed by atoms with Crippen molar-refractivity contribution in [3.8, 4) is 11.1 Å². The summed E-state index contributed by atoms with van der Waals surface area (Å²) in [5, 5.41) is 0. The Morgan fingerprint density at radius 3 is 2.26 bits per heavy atom. The molecule has 2 rings (SSSR count). The highest BCUT2D eigenvalue weighted by Gasteiger charge is 2.33. The molecule has 5 heteroatoms. The fourth-order valence-corrected chi connectivity index (χ4v) is 1.88. The van der Waals surface area contributed by atoms with E-state index < -0.39 is 17.6 Å². The van der Waals surface area contributed by atoms with Crippen molar-refractivity contribution in [3.05, 3.63) is 59.4 Å². The Hall–Kier alpha value is -1.88. The third-order valence-electron chi connectivity index (χ3n) is 2.82. The molecule has 0 spiro atoms. The van der Waals surface area contributed by atoms with Crippen molar-refractivity contribution in [2.24, 2.45) is 5.73 Å². The van der Waals surface area contributed by atoms with Gasteiger partial charge in [0.15, 0.2) is 0 Å². The molecule has 0 aliphatic heterocycles. The highest BCUT2D eigenvalue weighted by Crippen LogP contribution is 2.35. The van der Waals surface area contributed by atoms with E-state index >= 15 is 0 Å². The minimum absolute atomic E-state index is 0.00686. The maximum absolute atomic E-state index is 13.6. The van der Waals surface area contributed by atoms with Crippen LogP contribution >= 0.6 is 0 Å². The van der Waals surface area contributed by atoms with E-state index in [1.54, 1.807) is 6.07 Å². The second-order valence-electron chi connectivity index (χ2n) is 4.05. The number of nitrogens with two attached hydrogens (primary N) is 1. The largest absolute Gasteiger partial charge is 0.416 e. The average Bonchev–Trinajstić information content (AvgIpc) is 2.37. The lowest BCUT2D eigenvalue weighted by atomic mass is 9.98. The molecule has 2 N–H and O–H groups in total. The first kappa shape index (κ1) is 13.5. The van der Waals surface area contributed by atoms with Gasteiger partial charge in [-0.1, -0.05) is 30.3 Å². The zero-order valence-electron chi connectivity index (χ0n) is 9.84. The first-order valence-corrected chi connectivity index (χ1v) is 5.58. The van der Waals surface area contributed by atoms with Crippen LogP contribution in [-0.4, -0.2) is 0 Å². The Balaban J connectivity index is 2.59. The van der Waals surface area contributed by atoms with Gasteiger partial charge in [-0.15, -0.1) is 0 Å². The second-order valence-corrected chi connectivity index (χ2v) is 4.05. The van der Waals surface area contributed by atoms with Crippen LogP contribution in [0.5, 0.6) is 0 Å². The van der Waals surface area contributed by atoms with Crippen LogP contribution in [0.2, 0.25) is 0 Å². The van der Waals surface area contributed by atoms with Gasteiger partial charge >= 0.3 is 6.18 Å². The monoisotopic (exact) mass is 269 g/mol. The fraction of sp³-hybridized carbons (Fsp3) is 0.143. The van der Waals surface area contributed by atoms with Crippen molar-refractivity contribution < 1.29 is 17.6 Å². The van der Waals surface area contributed by atoms with E-state index in [9.17, 15) is 17.6 Å². The van der Waals surface area contributed by atoms with E-state index in [1.165, 1.54) is 30.3 Å². The maximum atomic E-state index is 13.6. The van der Waals surface area contributed by atoms with Gasteiger partial charge in [0.25, 0.3) is 0 Å². The predicted octanol–water partition coefficient (Wildman–Crippen LogP) is 3.97. The lowest BCUT2D eigenvalue weighted by Gasteiger charge is -2.14. The van der Waals surface area contributed by atoms with Crippen molar-refractivity contribution in [2.45, 2.75) is 12.7 Å². The van der Waals surface area contributed by atoms with Crippen molar-refractivity contribution >= 4 is 0 Å². The Kier molecular flexibility index (Phi) is 3.57. The van der Waals surface area contributed by atoms with Crippen molar-refractivity contribution in [1.29, 1.82) is 0 Å². The van der Waals surface area contributed by atoms with Crippen molar-refractivity contribution in [1.82, 2.24) is 0 Å². The van der Waals surface area contributed by atoms with Crippen molar-refractivity contribution in [3.63, 3.8) is 0 Å². The quantitative estimate of drug-likeness (QED) is 0.820. The predicted molar refractivity (Wildman–Crippen MR) is 64.7 cm³/mol. The number of alkyl halides is 3. The van der Waals surface area contributed by atoms with Crippen LogP contribution in [0.25, 0.3) is 11.1 Å². The molecule has 0 aliphatic rings. The molecule has 0 saturated heterocycles. The van der Waals surface area contributed by atoms with E-state index in [-0.39, 0.29) is 23.2 Å². The molecule has 0 fully saturated rings. The van der Waals surface area contributed by atoms with E-state index in [1.807, 2.05) is 0 Å². The minimum atomic E-state index is -4.50. The third kappa shape index (κ3) is 2.76. The molecule has 2 aromatic carbocycles. The molecule has 0 atom stereocenters. The SMILES string of the molecule is NCc1ccc(-c2ccccc2F)cc1C(F)(F)F. The average molecular weight is 269 g/mol. The molecule has 0 aliphatic carbocycles. The van der Waals surface area contributed by atoms with Gasteiger partial charge in [-0.05, 0) is 23.3 Å². The zero-order valence-corrected chi connectivity index (χ0v) is 9.84. The molecule has 2 aromatic rings. The minimum Gasteiger partial charge on any atom is -0.326 e. The zero-order chi connectivity index (χ0) is 14.0.